The number of rotatable bonds is 3. The Morgan fingerprint density at radius 3 is 2.32 bits per heavy atom. The van der Waals surface area contributed by atoms with Gasteiger partial charge in [0.1, 0.15) is 0 Å². The first-order chi connectivity index (χ1) is 10.7. The van der Waals surface area contributed by atoms with Crippen molar-refractivity contribution in [1.29, 1.82) is 0 Å². The van der Waals surface area contributed by atoms with E-state index in [0.717, 1.165) is 38.8 Å². The van der Waals surface area contributed by atoms with Crippen molar-refractivity contribution < 1.29 is 9.59 Å². The second-order valence-corrected chi connectivity index (χ2v) is 6.29. The van der Waals surface area contributed by atoms with Crippen LogP contribution in [0.2, 0.25) is 0 Å². The second-order valence-electron chi connectivity index (χ2n) is 6.29. The van der Waals surface area contributed by atoms with Gasteiger partial charge < -0.3 is 10.2 Å². The van der Waals surface area contributed by atoms with E-state index >= 15 is 0 Å². The molecule has 3 rings (SSSR count). The van der Waals surface area contributed by atoms with Gasteiger partial charge in [-0.25, -0.2) is 0 Å². The minimum atomic E-state index is -0.0528. The Morgan fingerprint density at radius 1 is 1.05 bits per heavy atom. The molecule has 1 aliphatic heterocycles. The zero-order chi connectivity index (χ0) is 15.4. The van der Waals surface area contributed by atoms with Crippen molar-refractivity contribution in [3.8, 4) is 0 Å². The predicted octanol–water partition coefficient (Wildman–Crippen LogP) is 1.99. The molecule has 1 aliphatic carbocycles. The molecule has 2 heterocycles. The lowest BCUT2D eigenvalue weighted by molar-refractivity contribution is -0.136. The summed E-state index contributed by atoms with van der Waals surface area (Å²) in [6.45, 7) is 1.52. The summed E-state index contributed by atoms with van der Waals surface area (Å²) in [5.74, 6) is 0.530. The normalized spacial score (nSPS) is 20.1. The molecule has 2 fully saturated rings. The van der Waals surface area contributed by atoms with Gasteiger partial charge in [-0.15, -0.1) is 0 Å². The van der Waals surface area contributed by atoms with Crippen molar-refractivity contribution in [2.45, 2.75) is 44.6 Å². The molecule has 1 N–H and O–H groups in total. The van der Waals surface area contributed by atoms with E-state index in [9.17, 15) is 9.59 Å². The third-order valence-corrected chi connectivity index (χ3v) is 4.79. The summed E-state index contributed by atoms with van der Waals surface area (Å²) in [7, 11) is 0. The van der Waals surface area contributed by atoms with Crippen LogP contribution < -0.4 is 5.32 Å². The largest absolute Gasteiger partial charge is 0.349 e. The standard InChI is InChI=1S/C17H23N3O2/c21-16(13-5-9-18-10-6-13)19-15-7-11-20(12-8-15)17(22)14-3-1-2-4-14/h5-6,9-10,14-15H,1-4,7-8,11-12H2,(H,19,21). The minimum absolute atomic E-state index is 0.0528. The Morgan fingerprint density at radius 2 is 1.68 bits per heavy atom. The van der Waals surface area contributed by atoms with E-state index in [0.29, 0.717) is 11.5 Å². The number of carbonyl (C=O) groups is 2. The molecule has 5 heteroatoms. The van der Waals surface area contributed by atoms with Gasteiger partial charge in [0, 0.05) is 43.0 Å². The minimum Gasteiger partial charge on any atom is -0.349 e. The molecule has 2 aliphatic rings. The van der Waals surface area contributed by atoms with Crippen molar-refractivity contribution in [2.75, 3.05) is 13.1 Å². The molecule has 0 bridgehead atoms. The second kappa shape index (κ2) is 6.90. The Balaban J connectivity index is 1.47. The fraction of sp³-hybridized carbons (Fsp3) is 0.588. The molecule has 1 saturated heterocycles. The Labute approximate surface area is 131 Å². The van der Waals surface area contributed by atoms with Crippen molar-refractivity contribution >= 4 is 11.8 Å². The fourth-order valence-electron chi connectivity index (χ4n) is 3.45. The molecule has 22 heavy (non-hydrogen) atoms. The zero-order valence-corrected chi connectivity index (χ0v) is 12.8. The SMILES string of the molecule is O=C(NC1CCN(C(=O)C2CCCC2)CC1)c1ccncc1. The first-order valence-corrected chi connectivity index (χ1v) is 8.24. The molecule has 0 unspecified atom stereocenters. The number of nitrogens with one attached hydrogen (secondary N) is 1. The molecule has 0 atom stereocenters. The van der Waals surface area contributed by atoms with Gasteiger partial charge in [0.05, 0.1) is 0 Å². The van der Waals surface area contributed by atoms with Crippen LogP contribution in [-0.2, 0) is 4.79 Å². The van der Waals surface area contributed by atoms with Crippen molar-refractivity contribution in [2.24, 2.45) is 5.92 Å². The summed E-state index contributed by atoms with van der Waals surface area (Å²) in [5.41, 5.74) is 0.638. The van der Waals surface area contributed by atoms with E-state index in [1.54, 1.807) is 24.5 Å². The number of nitrogens with zero attached hydrogens (tertiary/aromatic N) is 2. The number of pyridine rings is 1. The van der Waals surface area contributed by atoms with Crippen LogP contribution in [0.15, 0.2) is 24.5 Å². The number of carbonyl (C=O) groups excluding carboxylic acids is 2. The third kappa shape index (κ3) is 3.46. The Kier molecular flexibility index (Phi) is 4.71. The van der Waals surface area contributed by atoms with Gasteiger partial charge >= 0.3 is 0 Å². The number of piperidine rings is 1. The van der Waals surface area contributed by atoms with Gasteiger partial charge in [0.25, 0.3) is 5.91 Å². The molecule has 0 radical (unpaired) electrons. The lowest BCUT2D eigenvalue weighted by atomic mass is 10.0. The lowest BCUT2D eigenvalue weighted by Crippen LogP contribution is -2.47. The Hall–Kier alpha value is -1.91. The molecule has 1 aromatic rings. The number of amides is 2. The molecule has 1 aromatic heterocycles. The van der Waals surface area contributed by atoms with Crippen molar-refractivity contribution in [3.63, 3.8) is 0 Å². The zero-order valence-electron chi connectivity index (χ0n) is 12.8. The van der Waals surface area contributed by atoms with Crippen molar-refractivity contribution in [3.05, 3.63) is 30.1 Å². The van der Waals surface area contributed by atoms with E-state index in [-0.39, 0.29) is 17.9 Å². The summed E-state index contributed by atoms with van der Waals surface area (Å²) in [4.78, 5) is 30.4. The third-order valence-electron chi connectivity index (χ3n) is 4.79. The van der Waals surface area contributed by atoms with Crippen LogP contribution in [-0.4, -0.2) is 40.8 Å². The highest BCUT2D eigenvalue weighted by Gasteiger charge is 2.30. The van der Waals surface area contributed by atoms with Gasteiger partial charge in [-0.1, -0.05) is 12.8 Å². The van der Waals surface area contributed by atoms with E-state index in [1.807, 2.05) is 4.90 Å². The first-order valence-electron chi connectivity index (χ1n) is 8.24. The average Bonchev–Trinajstić information content (AvgIpc) is 3.10. The monoisotopic (exact) mass is 301 g/mol. The topological polar surface area (TPSA) is 62.3 Å². The Bertz CT molecular complexity index is 518. The van der Waals surface area contributed by atoms with Crippen LogP contribution in [0.25, 0.3) is 0 Å². The smallest absolute Gasteiger partial charge is 0.251 e. The number of aromatic nitrogens is 1. The molecule has 5 nitrogen and oxygen atoms in total. The van der Waals surface area contributed by atoms with Gasteiger partial charge in [0.2, 0.25) is 5.91 Å². The quantitative estimate of drug-likeness (QED) is 0.928. The highest BCUT2D eigenvalue weighted by Crippen LogP contribution is 2.27. The van der Waals surface area contributed by atoms with Gasteiger partial charge in [-0.05, 0) is 37.8 Å². The van der Waals surface area contributed by atoms with Gasteiger partial charge in [-0.2, -0.15) is 0 Å². The van der Waals surface area contributed by atoms with E-state index in [4.69, 9.17) is 0 Å². The molecular weight excluding hydrogens is 278 g/mol. The number of hydrogen-bond acceptors (Lipinski definition) is 3. The van der Waals surface area contributed by atoms with Crippen LogP contribution in [0.5, 0.6) is 0 Å². The van der Waals surface area contributed by atoms with Gasteiger partial charge in [-0.3, -0.25) is 14.6 Å². The number of hydrogen-bond donors (Lipinski definition) is 1. The number of likely N-dealkylation sites (tertiary alicyclic amines) is 1. The molecule has 0 aromatic carbocycles. The average molecular weight is 301 g/mol. The lowest BCUT2D eigenvalue weighted by Gasteiger charge is -2.34. The molecule has 0 spiro atoms. The van der Waals surface area contributed by atoms with Crippen LogP contribution in [0.4, 0.5) is 0 Å². The highest BCUT2D eigenvalue weighted by atomic mass is 16.2. The summed E-state index contributed by atoms with van der Waals surface area (Å²) in [6, 6.07) is 3.59. The molecule has 118 valence electrons. The van der Waals surface area contributed by atoms with E-state index in [1.165, 1.54) is 12.8 Å². The molecular formula is C17H23N3O2. The van der Waals surface area contributed by atoms with E-state index < -0.39 is 0 Å². The summed E-state index contributed by atoms with van der Waals surface area (Å²) < 4.78 is 0. The van der Waals surface area contributed by atoms with Crippen LogP contribution in [0.1, 0.15) is 48.9 Å². The summed E-state index contributed by atoms with van der Waals surface area (Å²) >= 11 is 0. The summed E-state index contributed by atoms with van der Waals surface area (Å²) in [5, 5.41) is 3.06. The molecule has 1 saturated carbocycles. The van der Waals surface area contributed by atoms with E-state index in [2.05, 4.69) is 10.3 Å². The first kappa shape index (κ1) is 15.0. The maximum atomic E-state index is 12.4. The van der Waals surface area contributed by atoms with Crippen LogP contribution >= 0.6 is 0 Å². The molecule has 2 amide bonds. The van der Waals surface area contributed by atoms with Crippen LogP contribution in [0.3, 0.4) is 0 Å². The highest BCUT2D eigenvalue weighted by molar-refractivity contribution is 5.94. The van der Waals surface area contributed by atoms with Crippen molar-refractivity contribution in [1.82, 2.24) is 15.2 Å². The summed E-state index contributed by atoms with van der Waals surface area (Å²) in [6.07, 6.45) is 9.42. The predicted molar refractivity (Wildman–Crippen MR) is 83.3 cm³/mol. The maximum absolute atomic E-state index is 12.4. The fourth-order valence-corrected chi connectivity index (χ4v) is 3.45. The maximum Gasteiger partial charge on any atom is 0.251 e. The van der Waals surface area contributed by atoms with Crippen LogP contribution in [0, 0.1) is 5.92 Å². The van der Waals surface area contributed by atoms with Gasteiger partial charge in [0.15, 0.2) is 0 Å².